The monoisotopic (exact) mass is 385 g/mol. The molecule has 0 aromatic heterocycles. The fourth-order valence-corrected chi connectivity index (χ4v) is 2.82. The minimum absolute atomic E-state index is 0.0302. The Labute approximate surface area is 127 Å². The van der Waals surface area contributed by atoms with Gasteiger partial charge in [-0.25, -0.2) is 4.39 Å². The molecule has 0 bridgehead atoms. The summed E-state index contributed by atoms with van der Waals surface area (Å²) in [6, 6.07) is 10.2. The third-order valence-electron chi connectivity index (χ3n) is 2.64. The van der Waals surface area contributed by atoms with Gasteiger partial charge in [-0.2, -0.15) is 0 Å². The molecule has 0 radical (unpaired) electrons. The predicted molar refractivity (Wildman–Crippen MR) is 80.9 cm³/mol. The van der Waals surface area contributed by atoms with Crippen LogP contribution in [0.15, 0.2) is 45.3 Å². The zero-order valence-electron chi connectivity index (χ0n) is 10.0. The Hall–Kier alpha value is -1.20. The maximum atomic E-state index is 13.9. The van der Waals surface area contributed by atoms with Crippen LogP contribution in [0.3, 0.4) is 0 Å². The largest absolute Gasteiger partial charge is 0.320 e. The van der Waals surface area contributed by atoms with Crippen molar-refractivity contribution in [1.82, 2.24) is 0 Å². The number of aryl methyl sites for hydroxylation is 1. The highest BCUT2D eigenvalue weighted by Gasteiger charge is 2.15. The highest BCUT2D eigenvalue weighted by atomic mass is 79.9. The van der Waals surface area contributed by atoms with E-state index in [1.54, 1.807) is 31.2 Å². The molecule has 2 aromatic carbocycles. The van der Waals surface area contributed by atoms with Crippen molar-refractivity contribution in [1.29, 1.82) is 0 Å². The van der Waals surface area contributed by atoms with Gasteiger partial charge in [0.2, 0.25) is 0 Å². The molecule has 0 saturated carbocycles. The summed E-state index contributed by atoms with van der Waals surface area (Å²) in [6.07, 6.45) is 0. The van der Waals surface area contributed by atoms with E-state index in [1.807, 2.05) is 6.07 Å². The standard InChI is InChI=1S/C14H10Br2FNO/c1-8-4-2-5-9(12(8)17)14(19)18-13-10(15)6-3-7-11(13)16/h2-7H,1H3,(H,18,19). The first-order valence-corrected chi connectivity index (χ1v) is 7.10. The fourth-order valence-electron chi connectivity index (χ4n) is 1.62. The number of rotatable bonds is 2. The summed E-state index contributed by atoms with van der Waals surface area (Å²) in [5, 5.41) is 2.69. The van der Waals surface area contributed by atoms with Crippen LogP contribution < -0.4 is 5.32 Å². The number of benzene rings is 2. The molecule has 5 heteroatoms. The van der Waals surface area contributed by atoms with Crippen molar-refractivity contribution in [2.24, 2.45) is 0 Å². The molecule has 0 aliphatic carbocycles. The molecular weight excluding hydrogens is 377 g/mol. The van der Waals surface area contributed by atoms with Crippen LogP contribution in [0.1, 0.15) is 15.9 Å². The second-order valence-electron chi connectivity index (χ2n) is 3.99. The topological polar surface area (TPSA) is 29.1 Å². The molecule has 0 aliphatic rings. The summed E-state index contributed by atoms with van der Waals surface area (Å²) in [5.41, 5.74) is 1.05. The average Bonchev–Trinajstić information content (AvgIpc) is 2.37. The maximum Gasteiger partial charge on any atom is 0.258 e. The number of amides is 1. The number of nitrogens with one attached hydrogen (secondary N) is 1. The van der Waals surface area contributed by atoms with Gasteiger partial charge < -0.3 is 5.32 Å². The lowest BCUT2D eigenvalue weighted by Crippen LogP contribution is -2.15. The molecule has 0 unspecified atom stereocenters. The van der Waals surface area contributed by atoms with E-state index >= 15 is 0 Å². The molecule has 0 heterocycles. The lowest BCUT2D eigenvalue weighted by Gasteiger charge is -2.10. The fraction of sp³-hybridized carbons (Fsp3) is 0.0714. The summed E-state index contributed by atoms with van der Waals surface area (Å²) in [6.45, 7) is 1.63. The zero-order valence-corrected chi connectivity index (χ0v) is 13.2. The van der Waals surface area contributed by atoms with E-state index in [2.05, 4.69) is 37.2 Å². The van der Waals surface area contributed by atoms with E-state index in [4.69, 9.17) is 0 Å². The van der Waals surface area contributed by atoms with E-state index < -0.39 is 11.7 Å². The SMILES string of the molecule is Cc1cccc(C(=O)Nc2c(Br)cccc2Br)c1F. The number of hydrogen-bond donors (Lipinski definition) is 1. The summed E-state index contributed by atoms with van der Waals surface area (Å²) in [7, 11) is 0. The van der Waals surface area contributed by atoms with Gasteiger partial charge in [0.1, 0.15) is 5.82 Å². The average molecular weight is 387 g/mol. The Morgan fingerprint density at radius 2 is 1.68 bits per heavy atom. The molecule has 2 rings (SSSR count). The maximum absolute atomic E-state index is 13.9. The van der Waals surface area contributed by atoms with E-state index in [0.717, 1.165) is 8.95 Å². The molecule has 0 aliphatic heterocycles. The van der Waals surface area contributed by atoms with Crippen molar-refractivity contribution in [2.75, 3.05) is 5.32 Å². The molecule has 1 amide bonds. The molecule has 98 valence electrons. The first-order chi connectivity index (χ1) is 9.00. The minimum Gasteiger partial charge on any atom is -0.320 e. The third kappa shape index (κ3) is 3.04. The number of carbonyl (C=O) groups is 1. The van der Waals surface area contributed by atoms with Crippen molar-refractivity contribution in [2.45, 2.75) is 6.92 Å². The molecule has 0 spiro atoms. The van der Waals surface area contributed by atoms with Gasteiger partial charge in [-0.05, 0) is 62.5 Å². The van der Waals surface area contributed by atoms with Gasteiger partial charge in [0, 0.05) is 8.95 Å². The van der Waals surface area contributed by atoms with Crippen LogP contribution >= 0.6 is 31.9 Å². The molecule has 0 saturated heterocycles. The first kappa shape index (κ1) is 14.2. The first-order valence-electron chi connectivity index (χ1n) is 5.51. The minimum atomic E-state index is -0.497. The van der Waals surface area contributed by atoms with Crippen LogP contribution in [0.25, 0.3) is 0 Å². The Kier molecular flexibility index (Phi) is 4.37. The van der Waals surface area contributed by atoms with Crippen molar-refractivity contribution in [3.63, 3.8) is 0 Å². The second kappa shape index (κ2) is 5.84. The summed E-state index contributed by atoms with van der Waals surface area (Å²) >= 11 is 6.69. The van der Waals surface area contributed by atoms with Crippen LogP contribution in [0.4, 0.5) is 10.1 Å². The van der Waals surface area contributed by atoms with E-state index in [0.29, 0.717) is 11.3 Å². The van der Waals surface area contributed by atoms with E-state index in [9.17, 15) is 9.18 Å². The molecule has 0 fully saturated rings. The highest BCUT2D eigenvalue weighted by molar-refractivity contribution is 9.11. The van der Waals surface area contributed by atoms with E-state index in [-0.39, 0.29) is 5.56 Å². The van der Waals surface area contributed by atoms with Gasteiger partial charge in [0.05, 0.1) is 11.3 Å². The number of hydrogen-bond acceptors (Lipinski definition) is 1. The van der Waals surface area contributed by atoms with Crippen LogP contribution in [0.5, 0.6) is 0 Å². The number of halogens is 3. The van der Waals surface area contributed by atoms with Crippen molar-refractivity contribution in [3.8, 4) is 0 Å². The van der Waals surface area contributed by atoms with Crippen LogP contribution in [-0.4, -0.2) is 5.91 Å². The van der Waals surface area contributed by atoms with Crippen LogP contribution in [0, 0.1) is 12.7 Å². The molecule has 0 atom stereocenters. The Morgan fingerprint density at radius 3 is 2.32 bits per heavy atom. The Morgan fingerprint density at radius 1 is 1.11 bits per heavy atom. The van der Waals surface area contributed by atoms with Gasteiger partial charge >= 0.3 is 0 Å². The molecule has 2 nitrogen and oxygen atoms in total. The molecule has 1 N–H and O–H groups in total. The van der Waals surface area contributed by atoms with Gasteiger partial charge in [0.15, 0.2) is 0 Å². The third-order valence-corrected chi connectivity index (χ3v) is 3.96. The Bertz CT molecular complexity index is 623. The number of para-hydroxylation sites is 1. The second-order valence-corrected chi connectivity index (χ2v) is 5.70. The molecule has 2 aromatic rings. The van der Waals surface area contributed by atoms with Crippen molar-refractivity contribution in [3.05, 3.63) is 62.3 Å². The van der Waals surface area contributed by atoms with Gasteiger partial charge in [0.25, 0.3) is 5.91 Å². The van der Waals surface area contributed by atoms with Gasteiger partial charge in [-0.3, -0.25) is 4.79 Å². The molecule has 19 heavy (non-hydrogen) atoms. The highest BCUT2D eigenvalue weighted by Crippen LogP contribution is 2.31. The van der Waals surface area contributed by atoms with Crippen LogP contribution in [0.2, 0.25) is 0 Å². The lowest BCUT2D eigenvalue weighted by atomic mass is 10.1. The Balaban J connectivity index is 2.34. The molecular formula is C14H10Br2FNO. The van der Waals surface area contributed by atoms with Crippen molar-refractivity contribution < 1.29 is 9.18 Å². The zero-order chi connectivity index (χ0) is 14.0. The predicted octanol–water partition coefficient (Wildman–Crippen LogP) is 4.91. The van der Waals surface area contributed by atoms with E-state index in [1.165, 1.54) is 6.07 Å². The lowest BCUT2D eigenvalue weighted by molar-refractivity contribution is 0.102. The summed E-state index contributed by atoms with van der Waals surface area (Å²) < 4.78 is 15.3. The van der Waals surface area contributed by atoms with Crippen LogP contribution in [-0.2, 0) is 0 Å². The van der Waals surface area contributed by atoms with Gasteiger partial charge in [-0.1, -0.05) is 18.2 Å². The quantitative estimate of drug-likeness (QED) is 0.780. The summed E-state index contributed by atoms with van der Waals surface area (Å²) in [4.78, 5) is 12.1. The van der Waals surface area contributed by atoms with Crippen molar-refractivity contribution >= 4 is 43.5 Å². The number of anilines is 1. The summed E-state index contributed by atoms with van der Waals surface area (Å²) in [5.74, 6) is -0.975. The van der Waals surface area contributed by atoms with Gasteiger partial charge in [-0.15, -0.1) is 0 Å². The normalized spacial score (nSPS) is 10.3. The smallest absolute Gasteiger partial charge is 0.258 e. The number of carbonyl (C=O) groups excluding carboxylic acids is 1.